The number of ether oxygens (including phenoxy) is 2. The van der Waals surface area contributed by atoms with Gasteiger partial charge in [0, 0.05) is 25.2 Å². The van der Waals surface area contributed by atoms with Gasteiger partial charge in [-0.25, -0.2) is 4.57 Å². The van der Waals surface area contributed by atoms with Gasteiger partial charge < -0.3 is 29.1 Å². The smallest absolute Gasteiger partial charge is 0.462 e. The maximum atomic E-state index is 12.8. The van der Waals surface area contributed by atoms with Crippen LogP contribution in [0.5, 0.6) is 0 Å². The Morgan fingerprint density at radius 2 is 1.25 bits per heavy atom. The number of unbranched alkanes of at least 4 members (excludes halogenated alkanes) is 19. The number of nitrogens with zero attached hydrogens (tertiary/aromatic N) is 1. The first-order chi connectivity index (χ1) is 28.2. The van der Waals surface area contributed by atoms with Gasteiger partial charge in [0.15, 0.2) is 6.10 Å². The van der Waals surface area contributed by atoms with Crippen molar-refractivity contribution < 1.29 is 57.1 Å². The Bertz CT molecular complexity index is 1180. The first-order valence-corrected chi connectivity index (χ1v) is 25.0. The number of carbonyl (C=O) groups excluding carboxylic acids is 3. The highest BCUT2D eigenvalue weighted by atomic mass is 31.2. The van der Waals surface area contributed by atoms with E-state index in [-0.39, 0.29) is 44.2 Å². The van der Waals surface area contributed by atoms with E-state index in [1.165, 1.54) is 70.6 Å². The fourth-order valence-electron chi connectivity index (χ4n) is 7.45. The van der Waals surface area contributed by atoms with Crippen molar-refractivity contribution in [3.05, 3.63) is 12.2 Å². The third-order valence-corrected chi connectivity index (χ3v) is 12.2. The first-order valence-electron chi connectivity index (χ1n) is 23.5. The SMILES string of the molecule is CCCCCCCCCCCCCCCCCC(=O)OC[C@H](COP(=O)(O)OCC[N+](C)(C)C)OC(=O)CCCCCC[C@H]1[C@@H](O)CC(=O)[C@@H]1/C=C/[C@@H](O)CCCCC. The van der Waals surface area contributed by atoms with Crippen LogP contribution in [0.2, 0.25) is 0 Å². The minimum Gasteiger partial charge on any atom is -0.462 e. The van der Waals surface area contributed by atoms with Crippen molar-refractivity contribution >= 4 is 25.5 Å². The van der Waals surface area contributed by atoms with Gasteiger partial charge in [0.2, 0.25) is 0 Å². The van der Waals surface area contributed by atoms with E-state index in [2.05, 4.69) is 13.8 Å². The third-order valence-electron chi connectivity index (χ3n) is 11.2. The molecule has 1 saturated carbocycles. The van der Waals surface area contributed by atoms with E-state index in [4.69, 9.17) is 18.5 Å². The molecule has 1 aliphatic rings. The van der Waals surface area contributed by atoms with Crippen LogP contribution in [0.3, 0.4) is 0 Å². The zero-order valence-corrected chi connectivity index (χ0v) is 38.9. The average molecular weight is 861 g/mol. The second-order valence-corrected chi connectivity index (χ2v) is 19.4. The number of phosphoric acid groups is 1. The van der Waals surface area contributed by atoms with Crippen molar-refractivity contribution in [3.8, 4) is 0 Å². The largest absolute Gasteiger partial charge is 0.472 e. The minimum absolute atomic E-state index is 0.00441. The summed E-state index contributed by atoms with van der Waals surface area (Å²) in [5, 5.41) is 20.8. The van der Waals surface area contributed by atoms with Gasteiger partial charge in [-0.15, -0.1) is 0 Å². The summed E-state index contributed by atoms with van der Waals surface area (Å²) in [6, 6.07) is 0. The zero-order valence-electron chi connectivity index (χ0n) is 38.0. The van der Waals surface area contributed by atoms with Gasteiger partial charge in [-0.3, -0.25) is 23.4 Å². The van der Waals surface area contributed by atoms with Crippen LogP contribution < -0.4 is 0 Å². The highest BCUT2D eigenvalue weighted by molar-refractivity contribution is 7.47. The molecule has 1 fully saturated rings. The molecule has 3 N–H and O–H groups in total. The molecule has 0 heterocycles. The van der Waals surface area contributed by atoms with Gasteiger partial charge >= 0.3 is 19.8 Å². The zero-order chi connectivity index (χ0) is 43.8. The van der Waals surface area contributed by atoms with Crippen LogP contribution >= 0.6 is 7.82 Å². The van der Waals surface area contributed by atoms with Crippen molar-refractivity contribution in [3.63, 3.8) is 0 Å². The van der Waals surface area contributed by atoms with Gasteiger partial charge in [0.1, 0.15) is 25.5 Å². The number of aliphatic hydroxyl groups is 2. The molecule has 0 saturated heterocycles. The van der Waals surface area contributed by atoms with Gasteiger partial charge in [-0.2, -0.15) is 0 Å². The van der Waals surface area contributed by atoms with Crippen LogP contribution in [0.25, 0.3) is 0 Å². The topological polar surface area (TPSA) is 166 Å². The third kappa shape index (κ3) is 30.9. The fourth-order valence-corrected chi connectivity index (χ4v) is 8.19. The van der Waals surface area contributed by atoms with Crippen molar-refractivity contribution in [1.82, 2.24) is 0 Å². The molecule has 13 heteroatoms. The van der Waals surface area contributed by atoms with E-state index in [1.807, 2.05) is 21.1 Å². The van der Waals surface area contributed by atoms with E-state index in [0.717, 1.165) is 57.8 Å². The number of carbonyl (C=O) groups is 3. The Morgan fingerprint density at radius 1 is 0.746 bits per heavy atom. The molecular weight excluding hydrogens is 773 g/mol. The second kappa shape index (κ2) is 33.9. The summed E-state index contributed by atoms with van der Waals surface area (Å²) >= 11 is 0. The molecule has 1 rings (SSSR count). The number of hydrogen-bond donors (Lipinski definition) is 3. The summed E-state index contributed by atoms with van der Waals surface area (Å²) in [7, 11) is 1.34. The summed E-state index contributed by atoms with van der Waals surface area (Å²) < 4.78 is 34.3. The molecule has 0 radical (unpaired) electrons. The fraction of sp³-hybridized carbons (Fsp3) is 0.891. The normalized spacial score (nSPS) is 19.3. The van der Waals surface area contributed by atoms with Crippen molar-refractivity contribution in [1.29, 1.82) is 0 Å². The lowest BCUT2D eigenvalue weighted by atomic mass is 9.88. The van der Waals surface area contributed by atoms with E-state index < -0.39 is 50.6 Å². The van der Waals surface area contributed by atoms with Crippen LogP contribution in [0, 0.1) is 11.8 Å². The average Bonchev–Trinajstić information content (AvgIpc) is 3.44. The molecule has 0 aromatic carbocycles. The summed E-state index contributed by atoms with van der Waals surface area (Å²) in [4.78, 5) is 48.2. The standard InChI is InChI=1S/C46H86NO11P/c1-6-8-10-11-12-13-14-15-16-17-18-19-20-21-26-30-45(51)55-37-40(38-57-59(53,54)56-35-34-47(3,4)5)58-46(52)31-27-23-22-25-29-41-42(44(50)36-43(41)49)33-32-39(48)28-24-9-7-2/h32-33,39-43,48-49H,6-31,34-38H2,1-5H3/p+1/b33-32+/t39-,40+,41+,42+,43-/m0/s1. The second-order valence-electron chi connectivity index (χ2n) is 17.9. The maximum Gasteiger partial charge on any atom is 0.472 e. The van der Waals surface area contributed by atoms with Gasteiger partial charge in [-0.1, -0.05) is 154 Å². The molecule has 0 aromatic rings. The highest BCUT2D eigenvalue weighted by Gasteiger charge is 2.39. The van der Waals surface area contributed by atoms with Crippen molar-refractivity contribution in [2.24, 2.45) is 11.8 Å². The predicted octanol–water partition coefficient (Wildman–Crippen LogP) is 9.95. The van der Waals surface area contributed by atoms with Crippen LogP contribution in [0.1, 0.15) is 187 Å². The van der Waals surface area contributed by atoms with Crippen LogP contribution in [-0.4, -0.2) is 103 Å². The molecule has 0 aromatic heterocycles. The van der Waals surface area contributed by atoms with E-state index in [9.17, 15) is 34.1 Å². The van der Waals surface area contributed by atoms with Gasteiger partial charge in [0.25, 0.3) is 0 Å². The quantitative estimate of drug-likeness (QED) is 0.0177. The number of ketones is 1. The van der Waals surface area contributed by atoms with E-state index in [0.29, 0.717) is 36.7 Å². The molecule has 0 aliphatic heterocycles. The number of allylic oxidation sites excluding steroid dienone is 1. The van der Waals surface area contributed by atoms with Crippen molar-refractivity contribution in [2.75, 3.05) is 47.5 Å². The van der Waals surface area contributed by atoms with Crippen LogP contribution in [-0.2, 0) is 37.5 Å². The minimum atomic E-state index is -4.44. The first kappa shape index (κ1) is 55.4. The molecule has 1 unspecified atom stereocenters. The Morgan fingerprint density at radius 3 is 1.81 bits per heavy atom. The summed E-state index contributed by atoms with van der Waals surface area (Å²) in [6.07, 6.45) is 27.3. The number of aliphatic hydroxyl groups excluding tert-OH is 2. The Balaban J connectivity index is 2.45. The lowest BCUT2D eigenvalue weighted by molar-refractivity contribution is -0.870. The van der Waals surface area contributed by atoms with Crippen LogP contribution in [0.15, 0.2) is 12.2 Å². The number of Topliss-reactive ketones (excluding diaryl/α,β-unsaturated/α-hetero) is 1. The predicted molar refractivity (Wildman–Crippen MR) is 235 cm³/mol. The molecule has 12 nitrogen and oxygen atoms in total. The monoisotopic (exact) mass is 861 g/mol. The van der Waals surface area contributed by atoms with E-state index >= 15 is 0 Å². The Labute approximate surface area is 358 Å². The maximum absolute atomic E-state index is 12.8. The number of rotatable bonds is 39. The molecule has 1 aliphatic carbocycles. The van der Waals surface area contributed by atoms with Crippen LogP contribution in [0.4, 0.5) is 0 Å². The number of esters is 2. The Kier molecular flexibility index (Phi) is 31.8. The lowest BCUT2D eigenvalue weighted by Crippen LogP contribution is -2.37. The molecule has 346 valence electrons. The van der Waals surface area contributed by atoms with Crippen molar-refractivity contribution in [2.45, 2.75) is 206 Å². The van der Waals surface area contributed by atoms with Gasteiger partial charge in [0.05, 0.1) is 40.0 Å². The summed E-state index contributed by atoms with van der Waals surface area (Å²) in [5.74, 6) is -1.52. The van der Waals surface area contributed by atoms with E-state index in [1.54, 1.807) is 12.2 Å². The number of phosphoric ester groups is 1. The number of likely N-dealkylation sites (N-methyl/N-ethyl adjacent to an activating group) is 1. The molecular formula is C46H87NO11P+. The van der Waals surface area contributed by atoms with Gasteiger partial charge in [-0.05, 0) is 31.6 Å². The molecule has 6 atom stereocenters. The Hall–Kier alpha value is -1.66. The number of quaternary nitrogens is 1. The summed E-state index contributed by atoms with van der Waals surface area (Å²) in [6.45, 7) is 4.06. The molecule has 0 amide bonds. The summed E-state index contributed by atoms with van der Waals surface area (Å²) in [5.41, 5.74) is 0. The number of hydrogen-bond acceptors (Lipinski definition) is 10. The molecule has 59 heavy (non-hydrogen) atoms. The highest BCUT2D eigenvalue weighted by Crippen LogP contribution is 2.43. The molecule has 0 spiro atoms. The lowest BCUT2D eigenvalue weighted by Gasteiger charge is -2.24. The molecule has 0 bridgehead atoms.